The molecule has 0 spiro atoms. The maximum atomic E-state index is 11.7. The molecule has 0 amide bonds. The Kier molecular flexibility index (Phi) is 5.38. The van der Waals surface area contributed by atoms with Crippen LogP contribution in [0.3, 0.4) is 0 Å². The van der Waals surface area contributed by atoms with Gasteiger partial charge >= 0.3 is 5.97 Å². The summed E-state index contributed by atoms with van der Waals surface area (Å²) in [4.78, 5) is 15.8. The van der Waals surface area contributed by atoms with E-state index >= 15 is 0 Å². The van der Waals surface area contributed by atoms with Crippen LogP contribution in [0.25, 0.3) is 11.1 Å². The number of hydrogen-bond acceptors (Lipinski definition) is 5. The molecule has 0 aliphatic carbocycles. The maximum Gasteiger partial charge on any atom is 0.310 e. The van der Waals surface area contributed by atoms with Crippen LogP contribution in [0.1, 0.15) is 23.8 Å². The first kappa shape index (κ1) is 18.8. The third-order valence-electron chi connectivity index (χ3n) is 4.23. The van der Waals surface area contributed by atoms with Gasteiger partial charge in [-0.3, -0.25) is 4.79 Å². The highest BCUT2D eigenvalue weighted by molar-refractivity contribution is 7.89. The zero-order valence-electron chi connectivity index (χ0n) is 14.3. The van der Waals surface area contributed by atoms with Gasteiger partial charge < -0.3 is 9.52 Å². The van der Waals surface area contributed by atoms with Gasteiger partial charge in [0.15, 0.2) is 5.89 Å². The standard InChI is InChI=1S/C19H18N2O5S/c20-27(24,25)16-6-4-13(5-7-16)14-2-1-3-15(12-14)17(19(22)23)8-9-18-21-10-11-26-18/h1-7,10-12,17H,8-9H2,(H,22,23)(H2,20,24,25). The number of aryl methyl sites for hydroxylation is 1. The van der Waals surface area contributed by atoms with E-state index in [4.69, 9.17) is 9.56 Å². The molecule has 3 N–H and O–H groups in total. The topological polar surface area (TPSA) is 123 Å². The van der Waals surface area contributed by atoms with Crippen molar-refractivity contribution in [3.63, 3.8) is 0 Å². The second-order valence-corrected chi connectivity index (χ2v) is 7.61. The molecule has 8 heteroatoms. The van der Waals surface area contributed by atoms with Crippen LogP contribution in [0.15, 0.2) is 70.3 Å². The first-order valence-corrected chi connectivity index (χ1v) is 9.73. The summed E-state index contributed by atoms with van der Waals surface area (Å²) in [6.45, 7) is 0. The van der Waals surface area contributed by atoms with Gasteiger partial charge in [-0.2, -0.15) is 0 Å². The lowest BCUT2D eigenvalue weighted by atomic mass is 9.91. The number of hydrogen-bond donors (Lipinski definition) is 2. The first-order chi connectivity index (χ1) is 12.8. The monoisotopic (exact) mass is 386 g/mol. The molecule has 0 saturated heterocycles. The van der Waals surface area contributed by atoms with Crippen molar-refractivity contribution >= 4 is 16.0 Å². The van der Waals surface area contributed by atoms with Gasteiger partial charge in [0, 0.05) is 6.42 Å². The van der Waals surface area contributed by atoms with Crippen molar-refractivity contribution < 1.29 is 22.7 Å². The van der Waals surface area contributed by atoms with Gasteiger partial charge in [-0.15, -0.1) is 0 Å². The predicted octanol–water partition coefficient (Wildman–Crippen LogP) is 2.79. The van der Waals surface area contributed by atoms with Gasteiger partial charge in [0.2, 0.25) is 10.0 Å². The summed E-state index contributed by atoms with van der Waals surface area (Å²) in [6.07, 6.45) is 3.74. The Bertz CT molecular complexity index is 1030. The van der Waals surface area contributed by atoms with Gasteiger partial charge in [0.05, 0.1) is 17.0 Å². The molecule has 0 saturated carbocycles. The number of nitrogens with two attached hydrogens (primary N) is 1. The largest absolute Gasteiger partial charge is 0.481 e. The first-order valence-electron chi connectivity index (χ1n) is 8.19. The lowest BCUT2D eigenvalue weighted by Crippen LogP contribution is -2.13. The van der Waals surface area contributed by atoms with E-state index in [1.54, 1.807) is 30.3 Å². The van der Waals surface area contributed by atoms with Crippen LogP contribution < -0.4 is 5.14 Å². The van der Waals surface area contributed by atoms with E-state index in [0.717, 1.165) is 11.1 Å². The second kappa shape index (κ2) is 7.73. The smallest absolute Gasteiger partial charge is 0.310 e. The van der Waals surface area contributed by atoms with Gasteiger partial charge in [-0.1, -0.05) is 36.4 Å². The molecule has 0 radical (unpaired) electrons. The van der Waals surface area contributed by atoms with Crippen LogP contribution in [0.2, 0.25) is 0 Å². The minimum absolute atomic E-state index is 0.0248. The van der Waals surface area contributed by atoms with Crippen LogP contribution >= 0.6 is 0 Å². The fourth-order valence-corrected chi connectivity index (χ4v) is 3.36. The Hall–Kier alpha value is -2.97. The number of rotatable bonds is 7. The van der Waals surface area contributed by atoms with E-state index in [9.17, 15) is 18.3 Å². The van der Waals surface area contributed by atoms with Crippen molar-refractivity contribution in [2.45, 2.75) is 23.7 Å². The van der Waals surface area contributed by atoms with Crippen LogP contribution in [0.5, 0.6) is 0 Å². The molecule has 1 aromatic heterocycles. The molecule has 0 bridgehead atoms. The molecule has 27 heavy (non-hydrogen) atoms. The highest BCUT2D eigenvalue weighted by atomic mass is 32.2. The molecule has 1 atom stereocenters. The molecular formula is C19H18N2O5S. The third-order valence-corrected chi connectivity index (χ3v) is 5.16. The zero-order valence-corrected chi connectivity index (χ0v) is 15.1. The average molecular weight is 386 g/mol. The summed E-state index contributed by atoms with van der Waals surface area (Å²) < 4.78 is 27.9. The van der Waals surface area contributed by atoms with Crippen LogP contribution in [0.4, 0.5) is 0 Å². The second-order valence-electron chi connectivity index (χ2n) is 6.05. The Balaban J connectivity index is 1.85. The quantitative estimate of drug-likeness (QED) is 0.643. The number of carboxylic acid groups (broad SMARTS) is 1. The summed E-state index contributed by atoms with van der Waals surface area (Å²) in [5, 5.41) is 14.7. The van der Waals surface area contributed by atoms with Crippen molar-refractivity contribution in [3.05, 3.63) is 72.4 Å². The minimum atomic E-state index is -3.76. The molecule has 3 aromatic rings. The molecule has 1 heterocycles. The number of sulfonamides is 1. The fourth-order valence-electron chi connectivity index (χ4n) is 2.85. The lowest BCUT2D eigenvalue weighted by molar-refractivity contribution is -0.139. The SMILES string of the molecule is NS(=O)(=O)c1ccc(-c2cccc(C(CCc3ncco3)C(=O)O)c2)cc1. The summed E-state index contributed by atoms with van der Waals surface area (Å²) in [5.74, 6) is -1.14. The average Bonchev–Trinajstić information content (AvgIpc) is 3.15. The maximum absolute atomic E-state index is 11.7. The van der Waals surface area contributed by atoms with Gasteiger partial charge in [0.25, 0.3) is 0 Å². The van der Waals surface area contributed by atoms with Crippen molar-refractivity contribution in [2.24, 2.45) is 5.14 Å². The summed E-state index contributed by atoms with van der Waals surface area (Å²) in [5.41, 5.74) is 2.21. The predicted molar refractivity (Wildman–Crippen MR) is 98.5 cm³/mol. The molecule has 1 unspecified atom stereocenters. The minimum Gasteiger partial charge on any atom is -0.481 e. The molecule has 2 aromatic carbocycles. The molecule has 3 rings (SSSR count). The van der Waals surface area contributed by atoms with Crippen LogP contribution in [-0.4, -0.2) is 24.5 Å². The van der Waals surface area contributed by atoms with E-state index in [2.05, 4.69) is 4.98 Å². The highest BCUT2D eigenvalue weighted by Crippen LogP contribution is 2.28. The summed E-state index contributed by atoms with van der Waals surface area (Å²) in [7, 11) is -3.76. The Morgan fingerprint density at radius 2 is 1.89 bits per heavy atom. The number of carboxylic acids is 1. The Labute approximate surface area is 156 Å². The van der Waals surface area contributed by atoms with E-state index in [-0.39, 0.29) is 4.90 Å². The molecule has 7 nitrogen and oxygen atoms in total. The van der Waals surface area contributed by atoms with Crippen molar-refractivity contribution in [1.82, 2.24) is 4.98 Å². The molecule has 0 aliphatic heterocycles. The molecule has 0 fully saturated rings. The van der Waals surface area contributed by atoms with E-state index in [1.807, 2.05) is 6.07 Å². The van der Waals surface area contributed by atoms with E-state index in [0.29, 0.717) is 24.3 Å². The third kappa shape index (κ3) is 4.60. The number of oxazole rings is 1. The van der Waals surface area contributed by atoms with Gasteiger partial charge in [-0.25, -0.2) is 18.5 Å². The van der Waals surface area contributed by atoms with Crippen molar-refractivity contribution in [3.8, 4) is 11.1 Å². The number of aliphatic carboxylic acids is 1. The molecule has 140 valence electrons. The molecular weight excluding hydrogens is 368 g/mol. The highest BCUT2D eigenvalue weighted by Gasteiger charge is 2.21. The lowest BCUT2D eigenvalue weighted by Gasteiger charge is -2.13. The molecule has 0 aliphatic rings. The fraction of sp³-hybridized carbons (Fsp3) is 0.158. The van der Waals surface area contributed by atoms with Crippen molar-refractivity contribution in [1.29, 1.82) is 0 Å². The van der Waals surface area contributed by atoms with Crippen molar-refractivity contribution in [2.75, 3.05) is 0 Å². The van der Waals surface area contributed by atoms with E-state index < -0.39 is 21.9 Å². The van der Waals surface area contributed by atoms with Gasteiger partial charge in [-0.05, 0) is 35.2 Å². The Morgan fingerprint density at radius 1 is 1.15 bits per heavy atom. The number of carbonyl (C=O) groups is 1. The van der Waals surface area contributed by atoms with Gasteiger partial charge in [0.1, 0.15) is 6.26 Å². The normalized spacial score (nSPS) is 12.6. The van der Waals surface area contributed by atoms with Crippen LogP contribution in [-0.2, 0) is 21.2 Å². The number of benzene rings is 2. The number of primary sulfonamides is 1. The zero-order chi connectivity index (χ0) is 19.4. The van der Waals surface area contributed by atoms with E-state index in [1.165, 1.54) is 24.6 Å². The Morgan fingerprint density at radius 3 is 2.48 bits per heavy atom. The number of aromatic nitrogens is 1. The number of nitrogens with zero attached hydrogens (tertiary/aromatic N) is 1. The van der Waals surface area contributed by atoms with Crippen LogP contribution in [0, 0.1) is 0 Å². The summed E-state index contributed by atoms with van der Waals surface area (Å²) in [6, 6.07) is 13.3. The summed E-state index contributed by atoms with van der Waals surface area (Å²) >= 11 is 0.